The summed E-state index contributed by atoms with van der Waals surface area (Å²) in [4.78, 5) is 0. The van der Waals surface area contributed by atoms with Gasteiger partial charge in [0, 0.05) is 13.2 Å². The third-order valence-corrected chi connectivity index (χ3v) is 4.13. The fraction of sp³-hybridized carbons (Fsp3) is 0.625. The summed E-state index contributed by atoms with van der Waals surface area (Å²) in [6.07, 6.45) is 3.09. The summed E-state index contributed by atoms with van der Waals surface area (Å²) in [5, 5.41) is 3.39. The average Bonchev–Trinajstić information content (AvgIpc) is 2.48. The van der Waals surface area contributed by atoms with Crippen LogP contribution in [-0.4, -0.2) is 32.9 Å². The Morgan fingerprint density at radius 3 is 2.26 bits per heavy atom. The summed E-state index contributed by atoms with van der Waals surface area (Å²) in [5.74, 6) is 0.907. The average molecular weight is 265 g/mol. The smallest absolute Gasteiger partial charge is 0.118 e. The Hall–Kier alpha value is -1.06. The molecule has 0 aliphatic rings. The van der Waals surface area contributed by atoms with E-state index in [1.165, 1.54) is 5.56 Å². The molecular weight excluding hydrogens is 238 g/mol. The molecule has 108 valence electrons. The lowest BCUT2D eigenvalue weighted by molar-refractivity contribution is -0.0290. The zero-order chi connectivity index (χ0) is 14.3. The summed E-state index contributed by atoms with van der Waals surface area (Å²) in [5.41, 5.74) is 1.22. The Balaban J connectivity index is 2.62. The zero-order valence-corrected chi connectivity index (χ0v) is 12.8. The van der Waals surface area contributed by atoms with Crippen LogP contribution in [0.5, 0.6) is 5.75 Å². The highest BCUT2D eigenvalue weighted by molar-refractivity contribution is 5.27. The maximum atomic E-state index is 5.68. The van der Waals surface area contributed by atoms with Gasteiger partial charge in [0.05, 0.1) is 12.7 Å². The first-order valence-corrected chi connectivity index (χ1v) is 6.95. The van der Waals surface area contributed by atoms with Gasteiger partial charge in [-0.3, -0.25) is 0 Å². The van der Waals surface area contributed by atoms with Gasteiger partial charge in [-0.2, -0.15) is 0 Å². The molecular formula is C16H27NO2. The van der Waals surface area contributed by atoms with Crippen LogP contribution in [0.25, 0.3) is 0 Å². The van der Waals surface area contributed by atoms with Gasteiger partial charge in [-0.25, -0.2) is 0 Å². The third-order valence-electron chi connectivity index (χ3n) is 4.13. The first kappa shape index (κ1) is 16.0. The van der Waals surface area contributed by atoms with E-state index in [-0.39, 0.29) is 5.60 Å². The molecule has 2 atom stereocenters. The van der Waals surface area contributed by atoms with Crippen LogP contribution in [0, 0.1) is 0 Å². The van der Waals surface area contributed by atoms with Gasteiger partial charge >= 0.3 is 0 Å². The summed E-state index contributed by atoms with van der Waals surface area (Å²) in [7, 11) is 5.49. The maximum Gasteiger partial charge on any atom is 0.118 e. The molecule has 3 nitrogen and oxygen atoms in total. The zero-order valence-electron chi connectivity index (χ0n) is 12.8. The monoisotopic (exact) mass is 265 g/mol. The summed E-state index contributed by atoms with van der Waals surface area (Å²) < 4.78 is 10.9. The van der Waals surface area contributed by atoms with Gasteiger partial charge in [-0.05, 0) is 50.9 Å². The molecule has 0 aliphatic carbocycles. The van der Waals surface area contributed by atoms with Crippen molar-refractivity contribution in [1.29, 1.82) is 0 Å². The topological polar surface area (TPSA) is 30.5 Å². The van der Waals surface area contributed by atoms with E-state index >= 15 is 0 Å². The molecule has 3 heteroatoms. The predicted molar refractivity (Wildman–Crippen MR) is 79.9 cm³/mol. The minimum atomic E-state index is -0.110. The highest BCUT2D eigenvalue weighted by atomic mass is 16.5. The van der Waals surface area contributed by atoms with E-state index in [1.807, 2.05) is 19.2 Å². The molecule has 1 N–H and O–H groups in total. The normalized spacial score (nSPS) is 15.8. The lowest BCUT2D eigenvalue weighted by Crippen LogP contribution is -2.48. The summed E-state index contributed by atoms with van der Waals surface area (Å²) in [6, 6.07) is 8.63. The number of nitrogens with one attached hydrogen (secondary N) is 1. The van der Waals surface area contributed by atoms with Gasteiger partial charge in [0.15, 0.2) is 0 Å². The van der Waals surface area contributed by atoms with Crippen LogP contribution in [0.15, 0.2) is 24.3 Å². The van der Waals surface area contributed by atoms with Crippen molar-refractivity contribution in [3.05, 3.63) is 29.8 Å². The van der Waals surface area contributed by atoms with Crippen LogP contribution in [0.2, 0.25) is 0 Å². The fourth-order valence-corrected chi connectivity index (χ4v) is 2.39. The molecule has 0 saturated heterocycles. The number of likely N-dealkylation sites (N-methyl/N-ethyl adjacent to an activating group) is 1. The van der Waals surface area contributed by atoms with E-state index in [4.69, 9.17) is 9.47 Å². The molecule has 1 aromatic carbocycles. The van der Waals surface area contributed by atoms with Crippen molar-refractivity contribution >= 4 is 0 Å². The standard InChI is InChI=1S/C16H27NO2/c1-6-16(2,19-5)15(17-3)12-9-13-7-10-14(18-4)11-8-13/h7-8,10-11,15,17H,6,9,12H2,1-5H3. The van der Waals surface area contributed by atoms with Gasteiger partial charge in [-0.1, -0.05) is 19.1 Å². The van der Waals surface area contributed by atoms with Crippen molar-refractivity contribution in [2.75, 3.05) is 21.3 Å². The highest BCUT2D eigenvalue weighted by Gasteiger charge is 2.30. The Morgan fingerprint density at radius 1 is 1.21 bits per heavy atom. The van der Waals surface area contributed by atoms with Crippen LogP contribution in [0.4, 0.5) is 0 Å². The van der Waals surface area contributed by atoms with Crippen LogP contribution in [0.1, 0.15) is 32.3 Å². The molecule has 0 aliphatic heterocycles. The van der Waals surface area contributed by atoms with Crippen LogP contribution in [-0.2, 0) is 11.2 Å². The molecule has 0 heterocycles. The molecule has 0 fully saturated rings. The first-order valence-electron chi connectivity index (χ1n) is 6.95. The Labute approximate surface area is 117 Å². The lowest BCUT2D eigenvalue weighted by atomic mass is 9.88. The van der Waals surface area contributed by atoms with E-state index < -0.39 is 0 Å². The van der Waals surface area contributed by atoms with Gasteiger partial charge in [0.1, 0.15) is 5.75 Å². The number of hydrogen-bond acceptors (Lipinski definition) is 3. The predicted octanol–water partition coefficient (Wildman–Crippen LogP) is 3.03. The van der Waals surface area contributed by atoms with Crippen molar-refractivity contribution < 1.29 is 9.47 Å². The quantitative estimate of drug-likeness (QED) is 0.783. The van der Waals surface area contributed by atoms with Crippen LogP contribution in [0.3, 0.4) is 0 Å². The number of rotatable bonds is 8. The van der Waals surface area contributed by atoms with Gasteiger partial charge in [0.25, 0.3) is 0 Å². The Morgan fingerprint density at radius 2 is 1.84 bits per heavy atom. The van der Waals surface area contributed by atoms with Crippen molar-refractivity contribution in [2.45, 2.75) is 44.8 Å². The van der Waals surface area contributed by atoms with Gasteiger partial charge in [0.2, 0.25) is 0 Å². The minimum Gasteiger partial charge on any atom is -0.497 e. The second-order valence-corrected chi connectivity index (χ2v) is 5.10. The largest absolute Gasteiger partial charge is 0.497 e. The number of aryl methyl sites for hydroxylation is 1. The fourth-order valence-electron chi connectivity index (χ4n) is 2.39. The van der Waals surface area contributed by atoms with E-state index in [1.54, 1.807) is 14.2 Å². The van der Waals surface area contributed by atoms with Crippen LogP contribution >= 0.6 is 0 Å². The third kappa shape index (κ3) is 4.22. The Kier molecular flexibility index (Phi) is 6.32. The van der Waals surface area contributed by atoms with Crippen molar-refractivity contribution in [3.63, 3.8) is 0 Å². The van der Waals surface area contributed by atoms with Crippen molar-refractivity contribution in [2.24, 2.45) is 0 Å². The SMILES string of the molecule is CCC(C)(OC)C(CCc1ccc(OC)cc1)NC. The minimum absolute atomic E-state index is 0.110. The van der Waals surface area contributed by atoms with E-state index in [0.29, 0.717) is 6.04 Å². The lowest BCUT2D eigenvalue weighted by Gasteiger charge is -2.35. The van der Waals surface area contributed by atoms with Crippen molar-refractivity contribution in [1.82, 2.24) is 5.32 Å². The summed E-state index contributed by atoms with van der Waals surface area (Å²) in [6.45, 7) is 4.34. The summed E-state index contributed by atoms with van der Waals surface area (Å²) >= 11 is 0. The maximum absolute atomic E-state index is 5.68. The molecule has 0 aromatic heterocycles. The molecule has 1 rings (SSSR count). The molecule has 0 amide bonds. The Bertz CT molecular complexity index is 358. The second-order valence-electron chi connectivity index (χ2n) is 5.10. The van der Waals surface area contributed by atoms with Crippen molar-refractivity contribution in [3.8, 4) is 5.75 Å². The van der Waals surface area contributed by atoms with Crippen LogP contribution < -0.4 is 10.1 Å². The molecule has 1 aromatic rings. The van der Waals surface area contributed by atoms with E-state index in [2.05, 4.69) is 31.3 Å². The number of hydrogen-bond donors (Lipinski definition) is 1. The highest BCUT2D eigenvalue weighted by Crippen LogP contribution is 2.23. The van der Waals surface area contributed by atoms with Gasteiger partial charge in [-0.15, -0.1) is 0 Å². The number of ether oxygens (including phenoxy) is 2. The molecule has 19 heavy (non-hydrogen) atoms. The number of methoxy groups -OCH3 is 2. The molecule has 0 spiro atoms. The second kappa shape index (κ2) is 7.51. The first-order chi connectivity index (χ1) is 9.09. The molecule has 0 radical (unpaired) electrons. The van der Waals surface area contributed by atoms with E-state index in [9.17, 15) is 0 Å². The molecule has 0 saturated carbocycles. The molecule has 2 unspecified atom stereocenters. The van der Waals surface area contributed by atoms with Gasteiger partial charge < -0.3 is 14.8 Å². The van der Waals surface area contributed by atoms with E-state index in [0.717, 1.165) is 25.0 Å². The number of benzene rings is 1. The molecule has 0 bridgehead atoms.